The van der Waals surface area contributed by atoms with Gasteiger partial charge in [-0.15, -0.1) is 0 Å². The van der Waals surface area contributed by atoms with Crippen molar-refractivity contribution in [1.29, 1.82) is 0 Å². The summed E-state index contributed by atoms with van der Waals surface area (Å²) in [5.74, 6) is -1.06. The van der Waals surface area contributed by atoms with Crippen LogP contribution in [0.2, 0.25) is 0 Å². The van der Waals surface area contributed by atoms with E-state index in [1.54, 1.807) is 0 Å². The van der Waals surface area contributed by atoms with Crippen LogP contribution in [0.5, 0.6) is 0 Å². The van der Waals surface area contributed by atoms with Gasteiger partial charge in [-0.25, -0.2) is 4.79 Å². The van der Waals surface area contributed by atoms with Gasteiger partial charge in [0.1, 0.15) is 6.61 Å². The number of carboxylic acid groups (broad SMARTS) is 1. The summed E-state index contributed by atoms with van der Waals surface area (Å²) in [6.45, 7) is 0.429. The maximum atomic E-state index is 13.1. The number of amides is 2. The number of rotatable bonds is 7. The van der Waals surface area contributed by atoms with Crippen LogP contribution in [0.25, 0.3) is 11.1 Å². The fourth-order valence-electron chi connectivity index (χ4n) is 6.68. The van der Waals surface area contributed by atoms with Gasteiger partial charge in [0.2, 0.25) is 5.91 Å². The van der Waals surface area contributed by atoms with Crippen LogP contribution >= 0.6 is 0 Å². The van der Waals surface area contributed by atoms with E-state index in [9.17, 15) is 19.5 Å². The molecular formula is C28H30N2O5. The summed E-state index contributed by atoms with van der Waals surface area (Å²) in [5, 5.41) is 15.5. The van der Waals surface area contributed by atoms with E-state index in [0.717, 1.165) is 30.4 Å². The van der Waals surface area contributed by atoms with Crippen LogP contribution < -0.4 is 10.6 Å². The number of ether oxygens (including phenoxy) is 1. The minimum atomic E-state index is -0.816. The minimum Gasteiger partial charge on any atom is -0.481 e. The molecule has 7 heteroatoms. The van der Waals surface area contributed by atoms with E-state index in [1.165, 1.54) is 11.1 Å². The second kappa shape index (κ2) is 8.40. The predicted octanol–water partition coefficient (Wildman–Crippen LogP) is 3.92. The molecule has 2 aromatic carbocycles. The second-order valence-electron chi connectivity index (χ2n) is 10.7. The highest BCUT2D eigenvalue weighted by atomic mass is 16.5. The number of hydrogen-bond donors (Lipinski definition) is 3. The lowest BCUT2D eigenvalue weighted by Crippen LogP contribution is -2.50. The smallest absolute Gasteiger partial charge is 0.407 e. The molecule has 0 heterocycles. The highest BCUT2D eigenvalue weighted by molar-refractivity contribution is 5.87. The zero-order valence-corrected chi connectivity index (χ0v) is 19.5. The molecule has 0 saturated heterocycles. The Kier molecular flexibility index (Phi) is 5.31. The molecule has 3 N–H and O–H groups in total. The van der Waals surface area contributed by atoms with Crippen molar-refractivity contribution >= 4 is 18.0 Å². The number of aliphatic carboxylic acids is 1. The molecule has 2 amide bonds. The first-order chi connectivity index (χ1) is 17.0. The van der Waals surface area contributed by atoms with E-state index in [-0.39, 0.29) is 42.9 Å². The van der Waals surface area contributed by atoms with Gasteiger partial charge in [-0.2, -0.15) is 0 Å². The third kappa shape index (κ3) is 3.77. The fourth-order valence-corrected chi connectivity index (χ4v) is 6.68. The molecule has 2 bridgehead atoms. The number of alkyl carbamates (subject to hydrolysis) is 1. The van der Waals surface area contributed by atoms with Crippen molar-refractivity contribution in [2.75, 3.05) is 13.2 Å². The van der Waals surface area contributed by atoms with Gasteiger partial charge in [0.15, 0.2) is 0 Å². The molecule has 4 aliphatic carbocycles. The van der Waals surface area contributed by atoms with Gasteiger partial charge in [0, 0.05) is 18.5 Å². The maximum Gasteiger partial charge on any atom is 0.407 e. The van der Waals surface area contributed by atoms with Crippen molar-refractivity contribution in [3.8, 4) is 11.1 Å². The predicted molar refractivity (Wildman–Crippen MR) is 129 cm³/mol. The van der Waals surface area contributed by atoms with Gasteiger partial charge in [-0.3, -0.25) is 9.59 Å². The molecule has 0 radical (unpaired) electrons. The van der Waals surface area contributed by atoms with Gasteiger partial charge in [0.25, 0.3) is 0 Å². The lowest BCUT2D eigenvalue weighted by atomic mass is 9.84. The quantitative estimate of drug-likeness (QED) is 0.564. The van der Waals surface area contributed by atoms with E-state index in [4.69, 9.17) is 4.74 Å². The Balaban J connectivity index is 1.05. The highest BCUT2D eigenvalue weighted by Crippen LogP contribution is 2.51. The van der Waals surface area contributed by atoms with E-state index in [2.05, 4.69) is 34.9 Å². The normalized spacial score (nSPS) is 27.1. The Hall–Kier alpha value is -3.35. The summed E-state index contributed by atoms with van der Waals surface area (Å²) in [4.78, 5) is 37.4. The van der Waals surface area contributed by atoms with E-state index in [0.29, 0.717) is 12.8 Å². The van der Waals surface area contributed by atoms with Crippen LogP contribution in [-0.4, -0.2) is 42.3 Å². The summed E-state index contributed by atoms with van der Waals surface area (Å²) in [5.41, 5.74) is 3.99. The van der Waals surface area contributed by atoms with Gasteiger partial charge in [-0.05, 0) is 66.2 Å². The van der Waals surface area contributed by atoms with Crippen molar-refractivity contribution in [3.05, 3.63) is 59.7 Å². The minimum absolute atomic E-state index is 0.0166. The molecule has 0 spiro atoms. The van der Waals surface area contributed by atoms with Crippen LogP contribution in [0.4, 0.5) is 4.79 Å². The molecule has 2 aromatic rings. The van der Waals surface area contributed by atoms with E-state index >= 15 is 0 Å². The number of nitrogens with one attached hydrogen (secondary N) is 2. The zero-order chi connectivity index (χ0) is 24.2. The zero-order valence-electron chi connectivity index (χ0n) is 19.5. The second-order valence-corrected chi connectivity index (χ2v) is 10.7. The van der Waals surface area contributed by atoms with Gasteiger partial charge in [0.05, 0.1) is 11.3 Å². The summed E-state index contributed by atoms with van der Waals surface area (Å²) in [7, 11) is 0. The number of benzene rings is 2. The summed E-state index contributed by atoms with van der Waals surface area (Å²) in [6, 6.07) is 16.1. The molecule has 4 unspecified atom stereocenters. The van der Waals surface area contributed by atoms with E-state index < -0.39 is 23.4 Å². The largest absolute Gasteiger partial charge is 0.481 e. The molecule has 6 rings (SSSR count). The Labute approximate surface area is 204 Å². The molecular weight excluding hydrogens is 444 g/mol. The fraction of sp³-hybridized carbons (Fsp3) is 0.464. The third-order valence-corrected chi connectivity index (χ3v) is 8.75. The molecule has 3 fully saturated rings. The number of carbonyl (C=O) groups excluding carboxylic acids is 2. The lowest BCUT2D eigenvalue weighted by Gasteiger charge is -2.30. The summed E-state index contributed by atoms with van der Waals surface area (Å²) >= 11 is 0. The van der Waals surface area contributed by atoms with Crippen LogP contribution in [0.1, 0.15) is 49.1 Å². The first-order valence-electron chi connectivity index (χ1n) is 12.6. The topological polar surface area (TPSA) is 105 Å². The molecule has 0 aromatic heterocycles. The van der Waals surface area contributed by atoms with Crippen molar-refractivity contribution in [2.24, 2.45) is 23.2 Å². The first kappa shape index (κ1) is 22.1. The third-order valence-electron chi connectivity index (χ3n) is 8.75. The molecule has 35 heavy (non-hydrogen) atoms. The standard InChI is InChI=1S/C28H30N2O5/c31-25(32)23-16-9-10-17(13-16)24(23)30-26(33)28(11-12-28)15-29-27(34)35-14-22-20-7-3-1-5-18(20)19-6-2-4-8-21(19)22/h1-8,16-17,22-24H,9-15H2,(H,29,34)(H,30,33)(H,31,32). The van der Waals surface area contributed by atoms with Gasteiger partial charge < -0.3 is 20.5 Å². The Morgan fingerprint density at radius 1 is 0.943 bits per heavy atom. The van der Waals surface area contributed by atoms with Crippen molar-refractivity contribution in [1.82, 2.24) is 10.6 Å². The summed E-state index contributed by atoms with van der Waals surface area (Å²) < 4.78 is 5.61. The number of fused-ring (bicyclic) bond motifs is 5. The summed E-state index contributed by atoms with van der Waals surface area (Å²) in [6.07, 6.45) is 3.62. The molecule has 0 aliphatic heterocycles. The Morgan fingerprint density at radius 2 is 1.57 bits per heavy atom. The van der Waals surface area contributed by atoms with Crippen LogP contribution in [0.3, 0.4) is 0 Å². The van der Waals surface area contributed by atoms with Crippen LogP contribution in [0, 0.1) is 23.2 Å². The SMILES string of the molecule is O=C(NCC1(C(=O)NC2C3CCC(C3)C2C(=O)O)CC1)OCC1c2ccccc2-c2ccccc21. The Morgan fingerprint density at radius 3 is 2.20 bits per heavy atom. The van der Waals surface area contributed by atoms with Crippen LogP contribution in [-0.2, 0) is 14.3 Å². The maximum absolute atomic E-state index is 13.1. The average Bonchev–Trinajstić information content (AvgIpc) is 3.22. The van der Waals surface area contributed by atoms with Crippen molar-refractivity contribution in [2.45, 2.75) is 44.1 Å². The van der Waals surface area contributed by atoms with Crippen molar-refractivity contribution < 1.29 is 24.2 Å². The average molecular weight is 475 g/mol. The first-order valence-corrected chi connectivity index (χ1v) is 12.6. The molecule has 182 valence electrons. The Bertz CT molecular complexity index is 1140. The van der Waals surface area contributed by atoms with Crippen LogP contribution in [0.15, 0.2) is 48.5 Å². The molecule has 7 nitrogen and oxygen atoms in total. The monoisotopic (exact) mass is 474 g/mol. The number of carboxylic acids is 1. The number of carbonyl (C=O) groups is 3. The van der Waals surface area contributed by atoms with Gasteiger partial charge in [-0.1, -0.05) is 48.5 Å². The molecule has 4 atom stereocenters. The number of hydrogen-bond acceptors (Lipinski definition) is 4. The van der Waals surface area contributed by atoms with Gasteiger partial charge >= 0.3 is 12.1 Å². The molecule has 3 saturated carbocycles. The molecule has 4 aliphatic rings. The van der Waals surface area contributed by atoms with Crippen molar-refractivity contribution in [3.63, 3.8) is 0 Å². The highest BCUT2D eigenvalue weighted by Gasteiger charge is 2.55. The lowest BCUT2D eigenvalue weighted by molar-refractivity contribution is -0.145. The van der Waals surface area contributed by atoms with E-state index in [1.807, 2.05) is 24.3 Å².